The zero-order valence-corrected chi connectivity index (χ0v) is 15.7. The lowest BCUT2D eigenvalue weighted by molar-refractivity contribution is -0.127. The normalized spacial score (nSPS) is 13.8. The average molecular weight is 350 g/mol. The van der Waals surface area contributed by atoms with Crippen LogP contribution in [0.5, 0.6) is 0 Å². The zero-order valence-electron chi connectivity index (χ0n) is 14.9. The van der Waals surface area contributed by atoms with E-state index >= 15 is 0 Å². The molecule has 0 aliphatic rings. The Hall–Kier alpha value is -1.26. The minimum atomic E-state index is -0.992. The lowest BCUT2D eigenvalue weighted by atomic mass is 10.1. The van der Waals surface area contributed by atoms with Crippen molar-refractivity contribution in [3.8, 4) is 0 Å². The number of amides is 1. The molecule has 1 unspecified atom stereocenters. The Labute approximate surface area is 151 Å². The van der Waals surface area contributed by atoms with E-state index in [4.69, 9.17) is 0 Å². The van der Waals surface area contributed by atoms with Crippen LogP contribution < -0.4 is 4.72 Å². The molecule has 0 heterocycles. The molecular formula is C20H31NO2S. The smallest absolute Gasteiger partial charge is 0.258 e. The van der Waals surface area contributed by atoms with Crippen molar-refractivity contribution in [3.05, 3.63) is 48.0 Å². The molecule has 0 bridgehead atoms. The van der Waals surface area contributed by atoms with Crippen LogP contribution in [0.15, 0.2) is 42.5 Å². The Kier molecular flexibility index (Phi) is 11.3. The van der Waals surface area contributed by atoms with Crippen molar-refractivity contribution >= 4 is 17.9 Å². The molecule has 0 saturated heterocycles. The molecule has 2 N–H and O–H groups in total. The number of carbonyl (C=O) groups is 1. The molecule has 3 nitrogen and oxygen atoms in total. The largest absolute Gasteiger partial charge is 0.383 e. The van der Waals surface area contributed by atoms with Gasteiger partial charge in [-0.2, -0.15) is 0 Å². The Bertz CT molecular complexity index is 476. The molecule has 1 rings (SSSR count). The number of hydrogen-bond acceptors (Lipinski definition) is 3. The Morgan fingerprint density at radius 3 is 2.71 bits per heavy atom. The highest BCUT2D eigenvalue weighted by atomic mass is 32.2. The van der Waals surface area contributed by atoms with Crippen LogP contribution in [0.25, 0.3) is 0 Å². The lowest BCUT2D eigenvalue weighted by Crippen LogP contribution is -2.32. The van der Waals surface area contributed by atoms with Crippen LogP contribution in [0, 0.1) is 5.92 Å². The predicted molar refractivity (Wildman–Crippen MR) is 104 cm³/mol. The number of carbonyl (C=O) groups excluding carboxylic acids is 1. The first-order valence-corrected chi connectivity index (χ1v) is 9.90. The van der Waals surface area contributed by atoms with Gasteiger partial charge in [-0.25, -0.2) is 0 Å². The standard InChI is InChI=1S/C20H31NO2S/c1-3-4-5-6-7-9-12-17(2)16-24-21-20(23)19(22)15-18-13-10-8-11-14-18/h7-11,13-14,17,19,22H,3-6,12,15-16H2,1-2H3,(H,21,23)/b9-7+/t17-,19?/m0/s1. The van der Waals surface area contributed by atoms with E-state index in [0.717, 1.165) is 24.2 Å². The van der Waals surface area contributed by atoms with Gasteiger partial charge in [0.05, 0.1) is 0 Å². The number of rotatable bonds is 12. The molecule has 134 valence electrons. The second-order valence-electron chi connectivity index (χ2n) is 6.29. The number of unbranched alkanes of at least 4 members (excludes halogenated alkanes) is 3. The maximum atomic E-state index is 11.9. The molecular weight excluding hydrogens is 318 g/mol. The van der Waals surface area contributed by atoms with Gasteiger partial charge in [-0.05, 0) is 30.7 Å². The summed E-state index contributed by atoms with van der Waals surface area (Å²) in [7, 11) is 0. The molecule has 0 aromatic heterocycles. The average Bonchev–Trinajstić information content (AvgIpc) is 2.58. The van der Waals surface area contributed by atoms with Gasteiger partial charge in [0.2, 0.25) is 0 Å². The van der Waals surface area contributed by atoms with E-state index in [2.05, 4.69) is 30.7 Å². The van der Waals surface area contributed by atoms with Gasteiger partial charge in [0.1, 0.15) is 6.10 Å². The van der Waals surface area contributed by atoms with Crippen LogP contribution >= 0.6 is 11.9 Å². The molecule has 0 fully saturated rings. The van der Waals surface area contributed by atoms with Crippen LogP contribution in [-0.2, 0) is 11.2 Å². The first-order chi connectivity index (χ1) is 11.6. The van der Waals surface area contributed by atoms with E-state index in [9.17, 15) is 9.90 Å². The summed E-state index contributed by atoms with van der Waals surface area (Å²) in [4.78, 5) is 11.9. The van der Waals surface area contributed by atoms with Crippen molar-refractivity contribution in [3.63, 3.8) is 0 Å². The van der Waals surface area contributed by atoms with Crippen molar-refractivity contribution in [2.45, 2.75) is 58.5 Å². The van der Waals surface area contributed by atoms with Crippen LogP contribution in [-0.4, -0.2) is 22.9 Å². The topological polar surface area (TPSA) is 49.3 Å². The summed E-state index contributed by atoms with van der Waals surface area (Å²) in [6.07, 6.45) is 9.89. The van der Waals surface area contributed by atoms with Crippen LogP contribution in [0.3, 0.4) is 0 Å². The third-order valence-electron chi connectivity index (χ3n) is 3.79. The third-order valence-corrected chi connectivity index (χ3v) is 4.88. The molecule has 4 heteroatoms. The van der Waals surface area contributed by atoms with E-state index in [1.54, 1.807) is 0 Å². The van der Waals surface area contributed by atoms with Crippen molar-refractivity contribution in [1.82, 2.24) is 4.72 Å². The van der Waals surface area contributed by atoms with Crippen molar-refractivity contribution < 1.29 is 9.90 Å². The minimum Gasteiger partial charge on any atom is -0.383 e. The van der Waals surface area contributed by atoms with Gasteiger partial charge in [-0.15, -0.1) is 0 Å². The SMILES string of the molecule is CCCCC/C=C/C[C@H](C)CSNC(=O)C(O)Cc1ccccc1. The third kappa shape index (κ3) is 9.78. The second kappa shape index (κ2) is 13.1. The Balaban J connectivity index is 2.13. The van der Waals surface area contributed by atoms with E-state index in [-0.39, 0.29) is 5.91 Å². The van der Waals surface area contributed by atoms with Gasteiger partial charge in [0.15, 0.2) is 0 Å². The first kappa shape index (κ1) is 20.8. The van der Waals surface area contributed by atoms with Gasteiger partial charge in [-0.3, -0.25) is 9.52 Å². The fourth-order valence-electron chi connectivity index (χ4n) is 2.28. The fourth-order valence-corrected chi connectivity index (χ4v) is 3.06. The molecule has 1 amide bonds. The second-order valence-corrected chi connectivity index (χ2v) is 7.12. The Morgan fingerprint density at radius 2 is 2.00 bits per heavy atom. The van der Waals surface area contributed by atoms with E-state index in [0.29, 0.717) is 12.3 Å². The molecule has 0 aliphatic heterocycles. The maximum absolute atomic E-state index is 11.9. The number of hydrogen-bond donors (Lipinski definition) is 2. The van der Waals surface area contributed by atoms with E-state index < -0.39 is 6.10 Å². The number of allylic oxidation sites excluding steroid dienone is 2. The molecule has 0 aliphatic carbocycles. The van der Waals surface area contributed by atoms with E-state index in [1.165, 1.54) is 31.2 Å². The first-order valence-electron chi connectivity index (χ1n) is 8.92. The summed E-state index contributed by atoms with van der Waals surface area (Å²) in [6.45, 7) is 4.39. The van der Waals surface area contributed by atoms with Crippen molar-refractivity contribution in [2.24, 2.45) is 5.92 Å². The summed E-state index contributed by atoms with van der Waals surface area (Å²) >= 11 is 1.39. The number of nitrogens with one attached hydrogen (secondary N) is 1. The summed E-state index contributed by atoms with van der Waals surface area (Å²) in [5, 5.41) is 9.94. The molecule has 0 radical (unpaired) electrons. The maximum Gasteiger partial charge on any atom is 0.258 e. The Morgan fingerprint density at radius 1 is 1.25 bits per heavy atom. The highest BCUT2D eigenvalue weighted by molar-refractivity contribution is 7.97. The minimum absolute atomic E-state index is 0.314. The summed E-state index contributed by atoms with van der Waals surface area (Å²) in [6, 6.07) is 9.57. The molecule has 24 heavy (non-hydrogen) atoms. The van der Waals surface area contributed by atoms with Gasteiger partial charge in [0.25, 0.3) is 5.91 Å². The summed E-state index contributed by atoms with van der Waals surface area (Å²) < 4.78 is 2.76. The van der Waals surface area contributed by atoms with Crippen LogP contribution in [0.2, 0.25) is 0 Å². The highest BCUT2D eigenvalue weighted by Gasteiger charge is 2.15. The molecule has 0 spiro atoms. The van der Waals surface area contributed by atoms with Crippen molar-refractivity contribution in [2.75, 3.05) is 5.75 Å². The van der Waals surface area contributed by atoms with Gasteiger partial charge in [0, 0.05) is 12.2 Å². The fraction of sp³-hybridized carbons (Fsp3) is 0.550. The predicted octanol–water partition coefficient (Wildman–Crippen LogP) is 4.52. The van der Waals surface area contributed by atoms with E-state index in [1.807, 2.05) is 30.3 Å². The quantitative estimate of drug-likeness (QED) is 0.331. The van der Waals surface area contributed by atoms with Crippen LogP contribution in [0.4, 0.5) is 0 Å². The van der Waals surface area contributed by atoms with Gasteiger partial charge < -0.3 is 5.11 Å². The zero-order chi connectivity index (χ0) is 17.6. The van der Waals surface area contributed by atoms with Crippen molar-refractivity contribution in [1.29, 1.82) is 0 Å². The number of aliphatic hydroxyl groups excluding tert-OH is 1. The summed E-state index contributed by atoms with van der Waals surface area (Å²) in [5.74, 6) is 1.04. The summed E-state index contributed by atoms with van der Waals surface area (Å²) in [5.41, 5.74) is 0.965. The van der Waals surface area contributed by atoms with Crippen LogP contribution in [0.1, 0.15) is 51.5 Å². The molecule has 2 atom stereocenters. The molecule has 1 aromatic carbocycles. The molecule has 0 saturated carbocycles. The molecule has 1 aromatic rings. The number of benzene rings is 1. The lowest BCUT2D eigenvalue weighted by Gasteiger charge is -2.12. The number of aliphatic hydroxyl groups is 1. The monoisotopic (exact) mass is 349 g/mol. The highest BCUT2D eigenvalue weighted by Crippen LogP contribution is 2.11. The van der Waals surface area contributed by atoms with Gasteiger partial charge >= 0.3 is 0 Å². The van der Waals surface area contributed by atoms with Gasteiger partial charge in [-0.1, -0.05) is 81.1 Å².